The minimum Gasteiger partial charge on any atom is -0.496 e. The molecule has 0 saturated heterocycles. The van der Waals surface area contributed by atoms with Crippen molar-refractivity contribution in [3.8, 4) is 11.5 Å². The lowest BCUT2D eigenvalue weighted by Crippen LogP contribution is -2.39. The molecule has 0 aliphatic rings. The number of carboxylic acids is 1. The molecular formula is C15H18N2O5. The molecule has 2 aromatic rings. The van der Waals surface area contributed by atoms with E-state index in [-0.39, 0.29) is 0 Å². The lowest BCUT2D eigenvalue weighted by Gasteiger charge is -2.11. The van der Waals surface area contributed by atoms with Crippen molar-refractivity contribution in [1.29, 1.82) is 0 Å². The summed E-state index contributed by atoms with van der Waals surface area (Å²) in [4.78, 5) is 23.1. The molecule has 1 aromatic carbocycles. The average Bonchev–Trinajstić information content (AvgIpc) is 2.84. The Morgan fingerprint density at radius 3 is 2.36 bits per heavy atom. The molecule has 22 heavy (non-hydrogen) atoms. The Bertz CT molecular complexity index is 735. The fourth-order valence-corrected chi connectivity index (χ4v) is 2.30. The van der Waals surface area contributed by atoms with Crippen LogP contribution >= 0.6 is 0 Å². The van der Waals surface area contributed by atoms with Crippen molar-refractivity contribution in [1.82, 2.24) is 9.88 Å². The fraction of sp³-hybridized carbons (Fsp3) is 0.333. The van der Waals surface area contributed by atoms with E-state index in [1.807, 2.05) is 0 Å². The number of ether oxygens (including phenoxy) is 2. The summed E-state index contributed by atoms with van der Waals surface area (Å²) in [5.74, 6) is -0.361. The fourth-order valence-electron chi connectivity index (χ4n) is 2.30. The molecule has 0 bridgehead atoms. The Morgan fingerprint density at radius 1 is 1.23 bits per heavy atom. The number of nitrogens with zero attached hydrogens (tertiary/aromatic N) is 1. The zero-order chi connectivity index (χ0) is 16.4. The third kappa shape index (κ3) is 2.57. The van der Waals surface area contributed by atoms with Crippen molar-refractivity contribution in [2.45, 2.75) is 13.0 Å². The predicted octanol–water partition coefficient (Wildman–Crippen LogP) is 1.40. The first-order valence-electron chi connectivity index (χ1n) is 6.64. The number of carbonyl (C=O) groups excluding carboxylic acids is 1. The van der Waals surface area contributed by atoms with Gasteiger partial charge in [0, 0.05) is 12.4 Å². The highest BCUT2D eigenvalue weighted by molar-refractivity contribution is 6.03. The molecule has 0 aliphatic carbocycles. The smallest absolute Gasteiger partial charge is 0.325 e. The van der Waals surface area contributed by atoms with Crippen molar-refractivity contribution in [3.05, 3.63) is 23.9 Å². The Hall–Kier alpha value is -2.70. The number of hydrogen-bond donors (Lipinski definition) is 2. The number of carboxylic acid groups (broad SMARTS) is 1. The van der Waals surface area contributed by atoms with Crippen molar-refractivity contribution in [2.24, 2.45) is 7.05 Å². The van der Waals surface area contributed by atoms with Gasteiger partial charge in [0.15, 0.2) is 0 Å². The van der Waals surface area contributed by atoms with Gasteiger partial charge in [-0.05, 0) is 25.1 Å². The van der Waals surface area contributed by atoms with E-state index >= 15 is 0 Å². The largest absolute Gasteiger partial charge is 0.496 e. The van der Waals surface area contributed by atoms with E-state index in [0.717, 1.165) is 5.39 Å². The quantitative estimate of drug-likeness (QED) is 0.871. The summed E-state index contributed by atoms with van der Waals surface area (Å²) in [5, 5.41) is 12.0. The minimum atomic E-state index is -1.10. The molecule has 0 spiro atoms. The van der Waals surface area contributed by atoms with E-state index < -0.39 is 17.9 Å². The number of hydrogen-bond acceptors (Lipinski definition) is 4. The number of carbonyl (C=O) groups is 2. The standard InChI is InChI=1S/C15H18N2O5/c1-8(15(19)20)16-14(18)10-7-9-11(21-3)5-6-12(22-4)13(9)17(10)2/h5-8H,1-4H3,(H,16,18)(H,19,20). The first-order valence-corrected chi connectivity index (χ1v) is 6.64. The number of rotatable bonds is 5. The number of benzene rings is 1. The van der Waals surface area contributed by atoms with E-state index in [1.165, 1.54) is 6.92 Å². The summed E-state index contributed by atoms with van der Waals surface area (Å²) in [6.45, 7) is 1.41. The monoisotopic (exact) mass is 306 g/mol. The van der Waals surface area contributed by atoms with Crippen LogP contribution in [0.2, 0.25) is 0 Å². The van der Waals surface area contributed by atoms with Gasteiger partial charge in [0.05, 0.1) is 19.7 Å². The number of methoxy groups -OCH3 is 2. The van der Waals surface area contributed by atoms with Gasteiger partial charge in [-0.15, -0.1) is 0 Å². The number of nitrogens with one attached hydrogen (secondary N) is 1. The molecule has 0 fully saturated rings. The van der Waals surface area contributed by atoms with Crippen molar-refractivity contribution < 1.29 is 24.2 Å². The highest BCUT2D eigenvalue weighted by Gasteiger charge is 2.21. The maximum atomic E-state index is 12.3. The number of aliphatic carboxylic acids is 1. The van der Waals surface area contributed by atoms with Crippen LogP contribution < -0.4 is 14.8 Å². The van der Waals surface area contributed by atoms with Gasteiger partial charge in [-0.2, -0.15) is 0 Å². The normalized spacial score (nSPS) is 12.0. The van der Waals surface area contributed by atoms with Crippen LogP contribution in [0.4, 0.5) is 0 Å². The second kappa shape index (κ2) is 5.97. The van der Waals surface area contributed by atoms with Crippen LogP contribution in [0.1, 0.15) is 17.4 Å². The molecule has 118 valence electrons. The molecule has 1 amide bonds. The molecule has 2 rings (SSSR count). The lowest BCUT2D eigenvalue weighted by molar-refractivity contribution is -0.138. The van der Waals surface area contributed by atoms with E-state index in [1.54, 1.807) is 44.0 Å². The minimum absolute atomic E-state index is 0.325. The summed E-state index contributed by atoms with van der Waals surface area (Å²) in [7, 11) is 4.80. The number of amides is 1. The van der Waals surface area contributed by atoms with Crippen molar-refractivity contribution in [2.75, 3.05) is 14.2 Å². The second-order valence-corrected chi connectivity index (χ2v) is 4.85. The highest BCUT2D eigenvalue weighted by Crippen LogP contribution is 2.35. The molecule has 2 N–H and O–H groups in total. The third-order valence-electron chi connectivity index (χ3n) is 3.51. The molecule has 1 heterocycles. The summed E-state index contributed by atoms with van der Waals surface area (Å²) >= 11 is 0. The van der Waals surface area contributed by atoms with E-state index in [2.05, 4.69) is 5.32 Å². The zero-order valence-electron chi connectivity index (χ0n) is 12.8. The summed E-state index contributed by atoms with van der Waals surface area (Å²) in [5.41, 5.74) is 1.03. The van der Waals surface area contributed by atoms with Gasteiger partial charge in [-0.25, -0.2) is 0 Å². The first-order chi connectivity index (χ1) is 10.4. The average molecular weight is 306 g/mol. The first kappa shape index (κ1) is 15.7. The maximum absolute atomic E-state index is 12.3. The Labute approximate surface area is 127 Å². The summed E-state index contributed by atoms with van der Waals surface area (Å²) < 4.78 is 12.3. The van der Waals surface area contributed by atoms with Gasteiger partial charge in [0.25, 0.3) is 5.91 Å². The van der Waals surface area contributed by atoms with Gasteiger partial charge < -0.3 is 24.5 Å². The molecular weight excluding hydrogens is 288 g/mol. The lowest BCUT2D eigenvalue weighted by atomic mass is 10.2. The van der Waals surface area contributed by atoms with Crippen LogP contribution in [0.3, 0.4) is 0 Å². The van der Waals surface area contributed by atoms with Crippen LogP contribution in [0.5, 0.6) is 11.5 Å². The molecule has 0 saturated carbocycles. The molecule has 7 heteroatoms. The van der Waals surface area contributed by atoms with Crippen LogP contribution in [-0.2, 0) is 11.8 Å². The molecule has 7 nitrogen and oxygen atoms in total. The van der Waals surface area contributed by atoms with Crippen molar-refractivity contribution >= 4 is 22.8 Å². The number of fused-ring (bicyclic) bond motifs is 1. The number of aryl methyl sites for hydroxylation is 1. The van der Waals surface area contributed by atoms with Crippen molar-refractivity contribution in [3.63, 3.8) is 0 Å². The van der Waals surface area contributed by atoms with E-state index in [4.69, 9.17) is 14.6 Å². The van der Waals surface area contributed by atoms with Crippen LogP contribution in [-0.4, -0.2) is 41.8 Å². The van der Waals surface area contributed by atoms with Crippen LogP contribution in [0.15, 0.2) is 18.2 Å². The van der Waals surface area contributed by atoms with E-state index in [0.29, 0.717) is 22.7 Å². The predicted molar refractivity (Wildman–Crippen MR) is 80.6 cm³/mol. The maximum Gasteiger partial charge on any atom is 0.325 e. The SMILES string of the molecule is COc1ccc(OC)c2c1cc(C(=O)NC(C)C(=O)O)n2C. The summed E-state index contributed by atoms with van der Waals surface area (Å²) in [6.07, 6.45) is 0. The van der Waals surface area contributed by atoms with Crippen LogP contribution in [0.25, 0.3) is 10.9 Å². The van der Waals surface area contributed by atoms with Gasteiger partial charge >= 0.3 is 5.97 Å². The van der Waals surface area contributed by atoms with Gasteiger partial charge in [-0.3, -0.25) is 9.59 Å². The second-order valence-electron chi connectivity index (χ2n) is 4.85. The molecule has 0 radical (unpaired) electrons. The van der Waals surface area contributed by atoms with Gasteiger partial charge in [0.2, 0.25) is 0 Å². The Kier molecular flexibility index (Phi) is 4.25. The topological polar surface area (TPSA) is 89.8 Å². The zero-order valence-corrected chi connectivity index (χ0v) is 12.8. The molecule has 1 aromatic heterocycles. The van der Waals surface area contributed by atoms with Crippen LogP contribution in [0, 0.1) is 0 Å². The van der Waals surface area contributed by atoms with Gasteiger partial charge in [-0.1, -0.05) is 0 Å². The molecule has 0 aliphatic heterocycles. The Morgan fingerprint density at radius 2 is 1.82 bits per heavy atom. The molecule has 1 unspecified atom stereocenters. The summed E-state index contributed by atoms with van der Waals surface area (Å²) in [6, 6.07) is 4.18. The van der Waals surface area contributed by atoms with Gasteiger partial charge in [0.1, 0.15) is 23.2 Å². The third-order valence-corrected chi connectivity index (χ3v) is 3.51. The number of aromatic nitrogens is 1. The Balaban J connectivity index is 2.54. The van der Waals surface area contributed by atoms with E-state index in [9.17, 15) is 9.59 Å². The molecule has 1 atom stereocenters. The highest BCUT2D eigenvalue weighted by atomic mass is 16.5.